The maximum Gasteiger partial charge on any atom is 0.191 e. The Balaban J connectivity index is 0.00000338. The lowest BCUT2D eigenvalue weighted by Crippen LogP contribution is -2.47. The first-order chi connectivity index (χ1) is 12.0. The molecule has 1 aliphatic rings. The van der Waals surface area contributed by atoms with E-state index in [1.54, 1.807) is 7.05 Å². The molecular formula is C18H35IN6O. The van der Waals surface area contributed by atoms with Gasteiger partial charge in [-0.3, -0.25) is 4.99 Å². The van der Waals surface area contributed by atoms with Gasteiger partial charge in [0.25, 0.3) is 0 Å². The predicted octanol–water partition coefficient (Wildman–Crippen LogP) is 1.96. The topological polar surface area (TPSA) is 68.9 Å². The number of likely N-dealkylation sites (N-methyl/N-ethyl adjacent to an activating group) is 1. The zero-order chi connectivity index (χ0) is 18.2. The van der Waals surface area contributed by atoms with Crippen molar-refractivity contribution in [1.82, 2.24) is 25.6 Å². The van der Waals surface area contributed by atoms with Gasteiger partial charge in [0.15, 0.2) is 11.7 Å². The van der Waals surface area contributed by atoms with E-state index in [9.17, 15) is 0 Å². The minimum Gasteiger partial charge on any atom is -0.359 e. The third kappa shape index (κ3) is 7.79. The van der Waals surface area contributed by atoms with Crippen molar-refractivity contribution in [3.8, 4) is 0 Å². The van der Waals surface area contributed by atoms with Crippen molar-refractivity contribution in [1.29, 1.82) is 0 Å². The molecule has 2 rings (SSSR count). The average molecular weight is 478 g/mol. The highest BCUT2D eigenvalue weighted by Gasteiger charge is 2.16. The van der Waals surface area contributed by atoms with E-state index >= 15 is 0 Å². The molecule has 2 heterocycles. The summed E-state index contributed by atoms with van der Waals surface area (Å²) in [6.07, 6.45) is 0. The summed E-state index contributed by atoms with van der Waals surface area (Å²) in [5, 5.41) is 10.8. The molecule has 0 aliphatic carbocycles. The van der Waals surface area contributed by atoms with E-state index in [4.69, 9.17) is 4.52 Å². The minimum atomic E-state index is 0. The molecule has 1 fully saturated rings. The van der Waals surface area contributed by atoms with Gasteiger partial charge in [0, 0.05) is 52.4 Å². The molecule has 0 aromatic carbocycles. The maximum atomic E-state index is 5.35. The highest BCUT2D eigenvalue weighted by molar-refractivity contribution is 14.0. The predicted molar refractivity (Wildman–Crippen MR) is 117 cm³/mol. The molecule has 1 aromatic rings. The molecule has 7 nitrogen and oxygen atoms in total. The van der Waals surface area contributed by atoms with Crippen molar-refractivity contribution >= 4 is 29.9 Å². The Morgan fingerprint density at radius 3 is 2.50 bits per heavy atom. The monoisotopic (exact) mass is 478 g/mol. The van der Waals surface area contributed by atoms with Crippen molar-refractivity contribution in [2.75, 3.05) is 53.4 Å². The van der Waals surface area contributed by atoms with Gasteiger partial charge in [-0.2, -0.15) is 0 Å². The molecule has 2 N–H and O–H groups in total. The van der Waals surface area contributed by atoms with Crippen LogP contribution in [-0.2, 0) is 6.54 Å². The first-order valence-corrected chi connectivity index (χ1v) is 9.28. The van der Waals surface area contributed by atoms with E-state index in [0.29, 0.717) is 18.4 Å². The van der Waals surface area contributed by atoms with E-state index in [-0.39, 0.29) is 24.0 Å². The Hall–Kier alpha value is -0.870. The summed E-state index contributed by atoms with van der Waals surface area (Å²) in [5.41, 5.74) is 0.987. The highest BCUT2D eigenvalue weighted by atomic mass is 127. The van der Waals surface area contributed by atoms with E-state index in [1.807, 2.05) is 6.07 Å². The summed E-state index contributed by atoms with van der Waals surface area (Å²) in [6.45, 7) is 13.8. The largest absolute Gasteiger partial charge is 0.359 e. The lowest BCUT2D eigenvalue weighted by atomic mass is 10.1. The summed E-state index contributed by atoms with van der Waals surface area (Å²) < 4.78 is 5.35. The smallest absolute Gasteiger partial charge is 0.191 e. The SMILES string of the molecule is CN=C(NCc1cc(C(C)C)no1)NCC(C)CN1CCN(C)CC1.I. The Kier molecular flexibility index (Phi) is 10.5. The van der Waals surface area contributed by atoms with Gasteiger partial charge < -0.3 is 25.0 Å². The van der Waals surface area contributed by atoms with Crippen LogP contribution in [0.5, 0.6) is 0 Å². The van der Waals surface area contributed by atoms with Crippen LogP contribution in [0.25, 0.3) is 0 Å². The van der Waals surface area contributed by atoms with Gasteiger partial charge in [0.05, 0.1) is 12.2 Å². The molecule has 0 radical (unpaired) electrons. The third-order valence-electron chi connectivity index (χ3n) is 4.61. The summed E-state index contributed by atoms with van der Waals surface area (Å²) in [5.74, 6) is 2.58. The number of aromatic nitrogens is 1. The lowest BCUT2D eigenvalue weighted by Gasteiger charge is -2.34. The molecule has 26 heavy (non-hydrogen) atoms. The average Bonchev–Trinajstić information content (AvgIpc) is 3.06. The Bertz CT molecular complexity index is 540. The van der Waals surface area contributed by atoms with Gasteiger partial charge in [-0.1, -0.05) is 25.9 Å². The van der Waals surface area contributed by atoms with Crippen LogP contribution in [0, 0.1) is 5.92 Å². The van der Waals surface area contributed by atoms with Crippen LogP contribution in [0.2, 0.25) is 0 Å². The number of hydrogen-bond acceptors (Lipinski definition) is 5. The van der Waals surface area contributed by atoms with Crippen LogP contribution in [0.1, 0.15) is 38.1 Å². The van der Waals surface area contributed by atoms with E-state index < -0.39 is 0 Å². The second-order valence-corrected chi connectivity index (χ2v) is 7.39. The zero-order valence-corrected chi connectivity index (χ0v) is 19.1. The first-order valence-electron chi connectivity index (χ1n) is 9.28. The van der Waals surface area contributed by atoms with Gasteiger partial charge in [-0.15, -0.1) is 24.0 Å². The van der Waals surface area contributed by atoms with Crippen LogP contribution in [0.4, 0.5) is 0 Å². The number of guanidine groups is 1. The van der Waals surface area contributed by atoms with Crippen LogP contribution < -0.4 is 10.6 Å². The molecule has 1 aliphatic heterocycles. The molecule has 150 valence electrons. The summed E-state index contributed by atoms with van der Waals surface area (Å²) >= 11 is 0. The minimum absolute atomic E-state index is 0. The second-order valence-electron chi connectivity index (χ2n) is 7.39. The van der Waals surface area contributed by atoms with Gasteiger partial charge >= 0.3 is 0 Å². The number of rotatable bonds is 7. The fraction of sp³-hybridized carbons (Fsp3) is 0.778. The molecule has 0 bridgehead atoms. The molecule has 1 unspecified atom stereocenters. The number of halogens is 1. The van der Waals surface area contributed by atoms with Crippen LogP contribution in [-0.4, -0.2) is 74.3 Å². The summed E-state index contributed by atoms with van der Waals surface area (Å²) in [4.78, 5) is 9.22. The Morgan fingerprint density at radius 2 is 1.92 bits per heavy atom. The maximum absolute atomic E-state index is 5.35. The number of nitrogens with zero attached hydrogens (tertiary/aromatic N) is 4. The van der Waals surface area contributed by atoms with Gasteiger partial charge in [0.2, 0.25) is 0 Å². The molecule has 0 saturated carbocycles. The molecule has 1 aromatic heterocycles. The van der Waals surface area contributed by atoms with Crippen LogP contribution in [0.15, 0.2) is 15.6 Å². The fourth-order valence-corrected chi connectivity index (χ4v) is 2.88. The zero-order valence-electron chi connectivity index (χ0n) is 16.8. The molecular weight excluding hydrogens is 443 g/mol. The van der Waals surface area contributed by atoms with Crippen molar-refractivity contribution in [2.24, 2.45) is 10.9 Å². The Labute approximate surface area is 175 Å². The molecule has 0 amide bonds. The van der Waals surface area contributed by atoms with Gasteiger partial charge in [0.1, 0.15) is 0 Å². The molecule has 8 heteroatoms. The summed E-state index contributed by atoms with van der Waals surface area (Å²) in [7, 11) is 3.98. The van der Waals surface area contributed by atoms with E-state index in [1.165, 1.54) is 13.1 Å². The van der Waals surface area contributed by atoms with Crippen molar-refractivity contribution in [2.45, 2.75) is 33.2 Å². The highest BCUT2D eigenvalue weighted by Crippen LogP contribution is 2.13. The second kappa shape index (κ2) is 11.8. The molecule has 0 spiro atoms. The molecule has 1 atom stereocenters. The standard InChI is InChI=1S/C18H34N6O.HI/c1-14(2)17-10-16(25-22-17)12-21-18(19-4)20-11-15(3)13-24-8-6-23(5)7-9-24;/h10,14-15H,6-9,11-13H2,1-5H3,(H2,19,20,21);1H. The first kappa shape index (κ1) is 23.2. The molecule has 1 saturated heterocycles. The quantitative estimate of drug-likeness (QED) is 0.355. The number of hydrogen-bond donors (Lipinski definition) is 2. The fourth-order valence-electron chi connectivity index (χ4n) is 2.88. The number of nitrogens with one attached hydrogen (secondary N) is 2. The Morgan fingerprint density at radius 1 is 1.23 bits per heavy atom. The van der Waals surface area contributed by atoms with Crippen molar-refractivity contribution < 1.29 is 4.52 Å². The van der Waals surface area contributed by atoms with Crippen molar-refractivity contribution in [3.63, 3.8) is 0 Å². The lowest BCUT2D eigenvalue weighted by molar-refractivity contribution is 0.139. The number of piperazine rings is 1. The van der Waals surface area contributed by atoms with Crippen LogP contribution >= 0.6 is 24.0 Å². The van der Waals surface area contributed by atoms with Gasteiger partial charge in [-0.25, -0.2) is 0 Å². The normalized spacial score (nSPS) is 17.8. The third-order valence-corrected chi connectivity index (χ3v) is 4.61. The van der Waals surface area contributed by atoms with E-state index in [2.05, 4.69) is 58.4 Å². The van der Waals surface area contributed by atoms with Crippen molar-refractivity contribution in [3.05, 3.63) is 17.5 Å². The number of aliphatic imine (C=N–C) groups is 1. The van der Waals surface area contributed by atoms with Crippen LogP contribution in [0.3, 0.4) is 0 Å². The summed E-state index contributed by atoms with van der Waals surface area (Å²) in [6, 6.07) is 2.00. The van der Waals surface area contributed by atoms with E-state index in [0.717, 1.165) is 43.6 Å². The van der Waals surface area contributed by atoms with Gasteiger partial charge in [-0.05, 0) is 18.9 Å².